The van der Waals surface area contributed by atoms with Crippen LogP contribution in [0.1, 0.15) is 81.9 Å². The van der Waals surface area contributed by atoms with E-state index in [1.54, 1.807) is 11.1 Å². The topological polar surface area (TPSA) is 0 Å². The molecule has 0 nitrogen and oxygen atoms in total. The van der Waals surface area contributed by atoms with Gasteiger partial charge in [0.1, 0.15) is 0 Å². The number of aryl methyl sites for hydroxylation is 1. The highest BCUT2D eigenvalue weighted by molar-refractivity contribution is 5.52. The van der Waals surface area contributed by atoms with Crippen LogP contribution in [0.5, 0.6) is 0 Å². The summed E-state index contributed by atoms with van der Waals surface area (Å²) in [7, 11) is 0. The Balaban J connectivity index is 1.56. The predicted octanol–water partition coefficient (Wildman–Crippen LogP) is 6.82. The molecule has 0 heterocycles. The van der Waals surface area contributed by atoms with Crippen molar-refractivity contribution in [1.82, 2.24) is 0 Å². The van der Waals surface area contributed by atoms with Gasteiger partial charge in [-0.25, -0.2) is 0 Å². The van der Waals surface area contributed by atoms with Crippen LogP contribution in [-0.4, -0.2) is 0 Å². The maximum atomic E-state index is 2.42. The molecule has 1 saturated carbocycles. The van der Waals surface area contributed by atoms with Crippen LogP contribution in [0.15, 0.2) is 24.3 Å². The van der Waals surface area contributed by atoms with E-state index in [9.17, 15) is 0 Å². The Morgan fingerprint density at radius 2 is 1.83 bits per heavy atom. The average molecular weight is 311 g/mol. The highest BCUT2D eigenvalue weighted by Crippen LogP contribution is 2.40. The van der Waals surface area contributed by atoms with E-state index in [0.29, 0.717) is 0 Å². The molecule has 0 N–H and O–H groups in total. The minimum absolute atomic E-state index is 0.960. The molecule has 0 radical (unpaired) electrons. The van der Waals surface area contributed by atoms with Crippen molar-refractivity contribution >= 4 is 6.08 Å². The molecule has 1 aromatic carbocycles. The van der Waals surface area contributed by atoms with E-state index < -0.39 is 0 Å². The van der Waals surface area contributed by atoms with Crippen molar-refractivity contribution in [3.63, 3.8) is 0 Å². The van der Waals surface area contributed by atoms with Gasteiger partial charge in [0.2, 0.25) is 0 Å². The van der Waals surface area contributed by atoms with E-state index in [4.69, 9.17) is 0 Å². The van der Waals surface area contributed by atoms with E-state index in [2.05, 4.69) is 44.2 Å². The predicted molar refractivity (Wildman–Crippen MR) is 102 cm³/mol. The van der Waals surface area contributed by atoms with E-state index >= 15 is 0 Å². The molecule has 0 aromatic heterocycles. The molecule has 3 rings (SSSR count). The summed E-state index contributed by atoms with van der Waals surface area (Å²) in [5.74, 6) is 3.02. The van der Waals surface area contributed by atoms with Crippen LogP contribution in [0, 0.1) is 17.8 Å². The molecular weight excluding hydrogens is 276 g/mol. The number of rotatable bonds is 5. The molecule has 126 valence electrons. The molecule has 1 unspecified atom stereocenters. The third-order valence-corrected chi connectivity index (χ3v) is 6.38. The summed E-state index contributed by atoms with van der Waals surface area (Å²) in [6, 6.07) is 7.14. The molecule has 23 heavy (non-hydrogen) atoms. The van der Waals surface area contributed by atoms with Crippen molar-refractivity contribution in [1.29, 1.82) is 0 Å². The standard InChI is InChI=1S/C23H34/c1-3-5-7-18-8-11-20(12-9-18)22-15-14-21-16-19(6-4-2)10-13-23(21)17-22/h4,6,10,13,16,18,20,22H,3,5,7-9,11-12,14-15,17H2,1-2H3/b6-4+. The lowest BCUT2D eigenvalue weighted by Crippen LogP contribution is -2.26. The van der Waals surface area contributed by atoms with Gasteiger partial charge in [-0.2, -0.15) is 0 Å². The van der Waals surface area contributed by atoms with Crippen molar-refractivity contribution < 1.29 is 0 Å². The summed E-state index contributed by atoms with van der Waals surface area (Å²) in [4.78, 5) is 0. The minimum Gasteiger partial charge on any atom is -0.0871 e. The SMILES string of the molecule is C/C=C/c1ccc2c(c1)CCC(C1CCC(CCCC)CC1)C2. The lowest BCUT2D eigenvalue weighted by atomic mass is 9.69. The quantitative estimate of drug-likeness (QED) is 0.559. The summed E-state index contributed by atoms with van der Waals surface area (Å²) >= 11 is 0. The van der Waals surface area contributed by atoms with Crippen molar-refractivity contribution in [2.45, 2.75) is 78.1 Å². The van der Waals surface area contributed by atoms with Gasteiger partial charge in [0.15, 0.2) is 0 Å². The first-order chi connectivity index (χ1) is 11.3. The van der Waals surface area contributed by atoms with E-state index in [-0.39, 0.29) is 0 Å². The fraction of sp³-hybridized carbons (Fsp3) is 0.652. The lowest BCUT2D eigenvalue weighted by Gasteiger charge is -2.36. The second kappa shape index (κ2) is 8.18. The third-order valence-electron chi connectivity index (χ3n) is 6.38. The maximum Gasteiger partial charge on any atom is -0.0245 e. The number of unbranched alkanes of at least 4 members (excludes halogenated alkanes) is 1. The van der Waals surface area contributed by atoms with Crippen molar-refractivity contribution in [3.05, 3.63) is 41.0 Å². The summed E-state index contributed by atoms with van der Waals surface area (Å²) in [5.41, 5.74) is 4.64. The van der Waals surface area contributed by atoms with E-state index in [1.165, 1.54) is 69.8 Å². The van der Waals surface area contributed by atoms with E-state index in [1.807, 2.05) is 0 Å². The number of fused-ring (bicyclic) bond motifs is 1. The minimum atomic E-state index is 0.960. The third kappa shape index (κ3) is 4.28. The second-order valence-corrected chi connectivity index (χ2v) is 7.95. The van der Waals surface area contributed by atoms with Crippen LogP contribution in [-0.2, 0) is 12.8 Å². The summed E-state index contributed by atoms with van der Waals surface area (Å²) < 4.78 is 0. The zero-order valence-electron chi connectivity index (χ0n) is 15.2. The average Bonchev–Trinajstić information content (AvgIpc) is 2.60. The fourth-order valence-corrected chi connectivity index (χ4v) is 4.94. The Morgan fingerprint density at radius 3 is 2.57 bits per heavy atom. The monoisotopic (exact) mass is 310 g/mol. The number of hydrogen-bond donors (Lipinski definition) is 0. The van der Waals surface area contributed by atoms with Crippen LogP contribution in [0.2, 0.25) is 0 Å². The van der Waals surface area contributed by atoms with Crippen LogP contribution >= 0.6 is 0 Å². The largest absolute Gasteiger partial charge is 0.0871 e. The molecule has 0 amide bonds. The molecule has 0 saturated heterocycles. The van der Waals surface area contributed by atoms with Gasteiger partial charge in [0, 0.05) is 0 Å². The Bertz CT molecular complexity index is 517. The molecule has 2 aliphatic rings. The van der Waals surface area contributed by atoms with Gasteiger partial charge in [-0.05, 0) is 73.5 Å². The Hall–Kier alpha value is -1.04. The normalized spacial score (nSPS) is 28.0. The number of allylic oxidation sites excluding steroid dienone is 1. The Kier molecular flexibility index (Phi) is 5.97. The Morgan fingerprint density at radius 1 is 1.00 bits per heavy atom. The smallest absolute Gasteiger partial charge is 0.0245 e. The molecule has 1 atom stereocenters. The first kappa shape index (κ1) is 16.8. The zero-order chi connectivity index (χ0) is 16.1. The molecule has 1 aromatic rings. The highest BCUT2D eigenvalue weighted by atomic mass is 14.3. The molecule has 2 aliphatic carbocycles. The Labute approximate surface area is 143 Å². The summed E-state index contributed by atoms with van der Waals surface area (Å²) in [6.07, 6.45) is 18.8. The van der Waals surface area contributed by atoms with Gasteiger partial charge in [0.25, 0.3) is 0 Å². The van der Waals surface area contributed by atoms with Gasteiger partial charge < -0.3 is 0 Å². The van der Waals surface area contributed by atoms with Gasteiger partial charge >= 0.3 is 0 Å². The van der Waals surface area contributed by atoms with Crippen LogP contribution in [0.3, 0.4) is 0 Å². The van der Waals surface area contributed by atoms with Crippen LogP contribution in [0.4, 0.5) is 0 Å². The highest BCUT2D eigenvalue weighted by Gasteiger charge is 2.29. The maximum absolute atomic E-state index is 2.42. The summed E-state index contributed by atoms with van der Waals surface area (Å²) in [5, 5.41) is 0. The zero-order valence-corrected chi connectivity index (χ0v) is 15.2. The van der Waals surface area contributed by atoms with Crippen molar-refractivity contribution in [2.24, 2.45) is 17.8 Å². The first-order valence-corrected chi connectivity index (χ1v) is 10.0. The van der Waals surface area contributed by atoms with Crippen LogP contribution < -0.4 is 0 Å². The van der Waals surface area contributed by atoms with Crippen LogP contribution in [0.25, 0.3) is 6.08 Å². The number of hydrogen-bond acceptors (Lipinski definition) is 0. The molecule has 0 heteroatoms. The van der Waals surface area contributed by atoms with E-state index in [0.717, 1.165) is 17.8 Å². The van der Waals surface area contributed by atoms with Crippen molar-refractivity contribution in [2.75, 3.05) is 0 Å². The van der Waals surface area contributed by atoms with Gasteiger partial charge in [-0.15, -0.1) is 0 Å². The number of benzene rings is 1. The summed E-state index contributed by atoms with van der Waals surface area (Å²) in [6.45, 7) is 4.43. The van der Waals surface area contributed by atoms with Crippen molar-refractivity contribution in [3.8, 4) is 0 Å². The van der Waals surface area contributed by atoms with Gasteiger partial charge in [-0.3, -0.25) is 0 Å². The lowest BCUT2D eigenvalue weighted by molar-refractivity contribution is 0.183. The fourth-order valence-electron chi connectivity index (χ4n) is 4.94. The molecular formula is C23H34. The molecule has 1 fully saturated rings. The first-order valence-electron chi connectivity index (χ1n) is 10.0. The second-order valence-electron chi connectivity index (χ2n) is 7.95. The molecule has 0 bridgehead atoms. The van der Waals surface area contributed by atoms with Gasteiger partial charge in [-0.1, -0.05) is 69.4 Å². The van der Waals surface area contributed by atoms with Gasteiger partial charge in [0.05, 0.1) is 0 Å². The molecule has 0 aliphatic heterocycles. The molecule has 0 spiro atoms.